The number of methoxy groups -OCH3 is 1. The molecule has 0 aliphatic carbocycles. The van der Waals surface area contributed by atoms with Crippen LogP contribution in [-0.4, -0.2) is 19.7 Å². The predicted molar refractivity (Wildman–Crippen MR) is 61.3 cm³/mol. The molecule has 0 aromatic heterocycles. The molecule has 0 atom stereocenters. The molecule has 80 valence electrons. The summed E-state index contributed by atoms with van der Waals surface area (Å²) >= 11 is 0. The SMILES string of the molecule is COc1ccc(C=O)c2c(C=O)cccc12. The molecule has 0 unspecified atom stereocenters. The van der Waals surface area contributed by atoms with Gasteiger partial charge in [0.25, 0.3) is 0 Å². The Morgan fingerprint density at radius 2 is 1.69 bits per heavy atom. The highest BCUT2D eigenvalue weighted by Gasteiger charge is 2.09. The van der Waals surface area contributed by atoms with Crippen molar-refractivity contribution in [1.29, 1.82) is 0 Å². The molecule has 0 heterocycles. The first-order chi connectivity index (χ1) is 7.81. The number of hydrogen-bond acceptors (Lipinski definition) is 3. The lowest BCUT2D eigenvalue weighted by atomic mass is 10.00. The molecule has 16 heavy (non-hydrogen) atoms. The number of rotatable bonds is 3. The summed E-state index contributed by atoms with van der Waals surface area (Å²) in [6.07, 6.45) is 1.49. The Kier molecular flexibility index (Phi) is 2.68. The van der Waals surface area contributed by atoms with Gasteiger partial charge >= 0.3 is 0 Å². The average Bonchev–Trinajstić information content (AvgIpc) is 2.36. The summed E-state index contributed by atoms with van der Waals surface area (Å²) in [5.74, 6) is 0.657. The Morgan fingerprint density at radius 3 is 2.31 bits per heavy atom. The third-order valence-electron chi connectivity index (χ3n) is 2.54. The molecule has 0 amide bonds. The quantitative estimate of drug-likeness (QED) is 0.737. The van der Waals surface area contributed by atoms with Crippen LogP contribution in [-0.2, 0) is 0 Å². The van der Waals surface area contributed by atoms with Gasteiger partial charge in [-0.2, -0.15) is 0 Å². The summed E-state index contributed by atoms with van der Waals surface area (Å²) in [6.45, 7) is 0. The van der Waals surface area contributed by atoms with Gasteiger partial charge in [0.05, 0.1) is 7.11 Å². The van der Waals surface area contributed by atoms with Crippen molar-refractivity contribution in [2.75, 3.05) is 7.11 Å². The van der Waals surface area contributed by atoms with E-state index in [0.717, 1.165) is 18.0 Å². The minimum atomic E-state index is 0.499. The topological polar surface area (TPSA) is 43.4 Å². The summed E-state index contributed by atoms with van der Waals surface area (Å²) in [4.78, 5) is 21.9. The van der Waals surface area contributed by atoms with Gasteiger partial charge in [-0.05, 0) is 12.1 Å². The number of ether oxygens (including phenoxy) is 1. The van der Waals surface area contributed by atoms with Crippen molar-refractivity contribution in [2.24, 2.45) is 0 Å². The van der Waals surface area contributed by atoms with Crippen molar-refractivity contribution in [3.8, 4) is 5.75 Å². The summed E-state index contributed by atoms with van der Waals surface area (Å²) in [5, 5.41) is 1.42. The van der Waals surface area contributed by atoms with Gasteiger partial charge in [0, 0.05) is 21.9 Å². The van der Waals surface area contributed by atoms with Gasteiger partial charge in [-0.25, -0.2) is 0 Å². The smallest absolute Gasteiger partial charge is 0.150 e. The van der Waals surface area contributed by atoms with Crippen LogP contribution in [0.2, 0.25) is 0 Å². The highest BCUT2D eigenvalue weighted by Crippen LogP contribution is 2.29. The second-order valence-electron chi connectivity index (χ2n) is 3.36. The number of fused-ring (bicyclic) bond motifs is 1. The number of carbonyl (C=O) groups excluding carboxylic acids is 2. The van der Waals surface area contributed by atoms with E-state index in [9.17, 15) is 9.59 Å². The van der Waals surface area contributed by atoms with E-state index < -0.39 is 0 Å². The third-order valence-corrected chi connectivity index (χ3v) is 2.54. The first-order valence-corrected chi connectivity index (χ1v) is 4.82. The maximum Gasteiger partial charge on any atom is 0.150 e. The first kappa shape index (κ1) is 10.4. The average molecular weight is 214 g/mol. The molecule has 3 nitrogen and oxygen atoms in total. The Bertz CT molecular complexity index is 544. The Morgan fingerprint density at radius 1 is 1.00 bits per heavy atom. The number of hydrogen-bond donors (Lipinski definition) is 0. The number of benzene rings is 2. The van der Waals surface area contributed by atoms with Crippen LogP contribution in [0.4, 0.5) is 0 Å². The molecule has 0 spiro atoms. The second-order valence-corrected chi connectivity index (χ2v) is 3.36. The minimum Gasteiger partial charge on any atom is -0.496 e. The Labute approximate surface area is 92.6 Å². The fraction of sp³-hybridized carbons (Fsp3) is 0.0769. The molecule has 2 aromatic carbocycles. The van der Waals surface area contributed by atoms with E-state index in [4.69, 9.17) is 4.74 Å². The Balaban J connectivity index is 2.94. The molecule has 0 N–H and O–H groups in total. The zero-order valence-corrected chi connectivity index (χ0v) is 8.77. The van der Waals surface area contributed by atoms with Gasteiger partial charge in [-0.15, -0.1) is 0 Å². The van der Waals surface area contributed by atoms with Gasteiger partial charge in [0.1, 0.15) is 5.75 Å². The lowest BCUT2D eigenvalue weighted by Gasteiger charge is -2.08. The standard InChI is InChI=1S/C13H10O3/c1-16-12-6-5-10(8-15)13-9(7-14)3-2-4-11(12)13/h2-8H,1H3. The molecule has 2 aromatic rings. The van der Waals surface area contributed by atoms with Crippen LogP contribution in [0.1, 0.15) is 20.7 Å². The summed E-state index contributed by atoms with van der Waals surface area (Å²) in [5.41, 5.74) is 0.997. The summed E-state index contributed by atoms with van der Waals surface area (Å²) < 4.78 is 5.19. The molecule has 2 rings (SSSR count). The lowest BCUT2D eigenvalue weighted by Crippen LogP contribution is -1.93. The van der Waals surface area contributed by atoms with Crippen LogP contribution in [0.15, 0.2) is 30.3 Å². The van der Waals surface area contributed by atoms with Crippen LogP contribution < -0.4 is 4.74 Å². The van der Waals surface area contributed by atoms with Crippen LogP contribution >= 0.6 is 0 Å². The van der Waals surface area contributed by atoms with Gasteiger partial charge in [0.15, 0.2) is 12.6 Å². The normalized spacial score (nSPS) is 10.1. The fourth-order valence-electron chi connectivity index (χ4n) is 1.81. The minimum absolute atomic E-state index is 0.499. The maximum atomic E-state index is 10.9. The molecule has 0 bridgehead atoms. The zero-order chi connectivity index (χ0) is 11.5. The van der Waals surface area contributed by atoms with E-state index in [1.54, 1.807) is 31.4 Å². The molecule has 0 saturated carbocycles. The lowest BCUT2D eigenvalue weighted by molar-refractivity contribution is 0.112. The van der Waals surface area contributed by atoms with Crippen LogP contribution in [0.3, 0.4) is 0 Å². The molecule has 0 saturated heterocycles. The van der Waals surface area contributed by atoms with E-state index in [1.807, 2.05) is 6.07 Å². The molecule has 3 heteroatoms. The molecular weight excluding hydrogens is 204 g/mol. The van der Waals surface area contributed by atoms with E-state index in [1.165, 1.54) is 0 Å². The van der Waals surface area contributed by atoms with Gasteiger partial charge in [-0.1, -0.05) is 18.2 Å². The van der Waals surface area contributed by atoms with Crippen molar-refractivity contribution in [2.45, 2.75) is 0 Å². The van der Waals surface area contributed by atoms with Crippen molar-refractivity contribution in [3.05, 3.63) is 41.5 Å². The van der Waals surface area contributed by atoms with Crippen molar-refractivity contribution in [3.63, 3.8) is 0 Å². The maximum absolute atomic E-state index is 10.9. The molecule has 0 aliphatic heterocycles. The van der Waals surface area contributed by atoms with E-state index in [0.29, 0.717) is 22.3 Å². The molecule has 0 fully saturated rings. The van der Waals surface area contributed by atoms with Gasteiger partial charge in [0.2, 0.25) is 0 Å². The second kappa shape index (κ2) is 4.14. The summed E-state index contributed by atoms with van der Waals surface area (Å²) in [7, 11) is 1.56. The number of aldehydes is 2. The van der Waals surface area contributed by atoms with Crippen molar-refractivity contribution < 1.29 is 14.3 Å². The summed E-state index contributed by atoms with van der Waals surface area (Å²) in [6, 6.07) is 8.65. The third kappa shape index (κ3) is 1.46. The van der Waals surface area contributed by atoms with E-state index in [-0.39, 0.29) is 0 Å². The van der Waals surface area contributed by atoms with Crippen molar-refractivity contribution in [1.82, 2.24) is 0 Å². The van der Waals surface area contributed by atoms with Gasteiger partial charge in [-0.3, -0.25) is 9.59 Å². The van der Waals surface area contributed by atoms with Crippen LogP contribution in [0, 0.1) is 0 Å². The largest absolute Gasteiger partial charge is 0.496 e. The monoisotopic (exact) mass is 214 g/mol. The zero-order valence-electron chi connectivity index (χ0n) is 8.77. The predicted octanol–water partition coefficient (Wildman–Crippen LogP) is 2.47. The molecule has 0 radical (unpaired) electrons. The first-order valence-electron chi connectivity index (χ1n) is 4.82. The highest BCUT2D eigenvalue weighted by atomic mass is 16.5. The molecule has 0 aliphatic rings. The van der Waals surface area contributed by atoms with Crippen molar-refractivity contribution >= 4 is 23.3 Å². The fourth-order valence-corrected chi connectivity index (χ4v) is 1.81. The molecular formula is C13H10O3. The number of carbonyl (C=O) groups is 2. The van der Waals surface area contributed by atoms with E-state index >= 15 is 0 Å². The van der Waals surface area contributed by atoms with Crippen LogP contribution in [0.5, 0.6) is 5.75 Å². The highest BCUT2D eigenvalue weighted by molar-refractivity contribution is 6.08. The Hall–Kier alpha value is -2.16. The van der Waals surface area contributed by atoms with Gasteiger partial charge < -0.3 is 4.74 Å². The van der Waals surface area contributed by atoms with E-state index in [2.05, 4.69) is 0 Å². The van der Waals surface area contributed by atoms with Crippen LogP contribution in [0.25, 0.3) is 10.8 Å².